The summed E-state index contributed by atoms with van der Waals surface area (Å²) in [6.45, 7) is 4.58. The Hall–Kier alpha value is -2.10. The predicted octanol–water partition coefficient (Wildman–Crippen LogP) is 2.25. The van der Waals surface area contributed by atoms with Crippen LogP contribution in [-0.4, -0.2) is 20.9 Å². The van der Waals surface area contributed by atoms with Gasteiger partial charge in [-0.15, -0.1) is 0 Å². The quantitative estimate of drug-likeness (QED) is 0.879. The van der Waals surface area contributed by atoms with Crippen LogP contribution in [0.1, 0.15) is 27.2 Å². The highest BCUT2D eigenvalue weighted by atomic mass is 16.4. The third-order valence-corrected chi connectivity index (χ3v) is 2.84. The number of carbonyl (C=O) groups is 1. The zero-order valence-corrected chi connectivity index (χ0v) is 9.84. The van der Waals surface area contributed by atoms with Crippen LogP contribution in [0, 0.1) is 13.8 Å². The van der Waals surface area contributed by atoms with Gasteiger partial charge in [0.1, 0.15) is 0 Å². The van der Waals surface area contributed by atoms with Crippen molar-refractivity contribution in [2.24, 2.45) is 0 Å². The minimum Gasteiger partial charge on any atom is -0.478 e. The van der Waals surface area contributed by atoms with Gasteiger partial charge in [0, 0.05) is 11.9 Å². The highest BCUT2D eigenvalue weighted by Crippen LogP contribution is 2.13. The minimum absolute atomic E-state index is 0.323. The Balaban J connectivity index is 2.29. The molecule has 0 aliphatic carbocycles. The molecular weight excluding hydrogens is 216 g/mol. The molecule has 0 spiro atoms. The molecular formula is C13H14N2O2. The van der Waals surface area contributed by atoms with Crippen molar-refractivity contribution < 1.29 is 9.90 Å². The van der Waals surface area contributed by atoms with Gasteiger partial charge in [0.2, 0.25) is 0 Å². The third-order valence-electron chi connectivity index (χ3n) is 2.84. The lowest BCUT2D eigenvalue weighted by Gasteiger charge is -2.08. The Labute approximate surface area is 99.5 Å². The number of rotatable bonds is 3. The van der Waals surface area contributed by atoms with Crippen molar-refractivity contribution >= 4 is 5.97 Å². The molecule has 1 aromatic carbocycles. The summed E-state index contributed by atoms with van der Waals surface area (Å²) in [5.41, 5.74) is 3.47. The lowest BCUT2D eigenvalue weighted by molar-refractivity contribution is 0.0697. The van der Waals surface area contributed by atoms with Gasteiger partial charge in [-0.25, -0.2) is 4.79 Å². The van der Waals surface area contributed by atoms with Gasteiger partial charge in [0.05, 0.1) is 12.1 Å². The van der Waals surface area contributed by atoms with Gasteiger partial charge in [-0.3, -0.25) is 4.68 Å². The van der Waals surface area contributed by atoms with Gasteiger partial charge >= 0.3 is 5.97 Å². The third kappa shape index (κ3) is 2.36. The molecule has 0 saturated carbocycles. The van der Waals surface area contributed by atoms with Crippen molar-refractivity contribution in [1.29, 1.82) is 0 Å². The Morgan fingerprint density at radius 3 is 2.65 bits per heavy atom. The van der Waals surface area contributed by atoms with Crippen molar-refractivity contribution in [2.45, 2.75) is 20.4 Å². The Morgan fingerprint density at radius 1 is 1.35 bits per heavy atom. The van der Waals surface area contributed by atoms with Gasteiger partial charge in [0.25, 0.3) is 0 Å². The Bertz CT molecular complexity index is 558. The molecule has 2 rings (SSSR count). The van der Waals surface area contributed by atoms with Gasteiger partial charge < -0.3 is 5.11 Å². The van der Waals surface area contributed by atoms with Crippen molar-refractivity contribution in [3.63, 3.8) is 0 Å². The summed E-state index contributed by atoms with van der Waals surface area (Å²) >= 11 is 0. The van der Waals surface area contributed by atoms with Crippen LogP contribution in [0.5, 0.6) is 0 Å². The van der Waals surface area contributed by atoms with Crippen LogP contribution in [0.2, 0.25) is 0 Å². The van der Waals surface area contributed by atoms with Crippen LogP contribution in [0.15, 0.2) is 30.5 Å². The van der Waals surface area contributed by atoms with E-state index in [1.165, 1.54) is 0 Å². The van der Waals surface area contributed by atoms with E-state index >= 15 is 0 Å². The van der Waals surface area contributed by atoms with Crippen molar-refractivity contribution in [2.75, 3.05) is 0 Å². The fourth-order valence-electron chi connectivity index (χ4n) is 1.73. The SMILES string of the molecule is Cc1cc(C(=O)O)ccc1Cn1nccc1C. The molecule has 0 atom stereocenters. The largest absolute Gasteiger partial charge is 0.478 e. The molecule has 0 radical (unpaired) electrons. The molecule has 4 heteroatoms. The Kier molecular flexibility index (Phi) is 2.95. The van der Waals surface area contributed by atoms with Crippen LogP contribution in [-0.2, 0) is 6.54 Å². The summed E-state index contributed by atoms with van der Waals surface area (Å²) < 4.78 is 1.89. The van der Waals surface area contributed by atoms with Crippen molar-refractivity contribution in [3.05, 3.63) is 52.8 Å². The molecule has 0 unspecified atom stereocenters. The van der Waals surface area contributed by atoms with E-state index in [0.29, 0.717) is 12.1 Å². The van der Waals surface area contributed by atoms with Gasteiger partial charge in [-0.1, -0.05) is 6.07 Å². The van der Waals surface area contributed by atoms with Gasteiger partial charge in [-0.05, 0) is 43.2 Å². The molecule has 0 aliphatic rings. The molecule has 1 aromatic heterocycles. The number of carboxylic acid groups (broad SMARTS) is 1. The first-order chi connectivity index (χ1) is 8.08. The molecule has 0 aliphatic heterocycles. The summed E-state index contributed by atoms with van der Waals surface area (Å²) in [5.74, 6) is -0.894. The average molecular weight is 230 g/mol. The maximum atomic E-state index is 10.8. The molecule has 1 N–H and O–H groups in total. The van der Waals surface area contributed by atoms with E-state index in [2.05, 4.69) is 5.10 Å². The maximum Gasteiger partial charge on any atom is 0.335 e. The standard InChI is InChI=1S/C13H14N2O2/c1-9-7-11(13(16)17)3-4-12(9)8-15-10(2)5-6-14-15/h3-7H,8H2,1-2H3,(H,16,17). The second kappa shape index (κ2) is 4.41. The fraction of sp³-hybridized carbons (Fsp3) is 0.231. The number of hydrogen-bond donors (Lipinski definition) is 1. The lowest BCUT2D eigenvalue weighted by atomic mass is 10.1. The first kappa shape index (κ1) is 11.4. The monoisotopic (exact) mass is 230 g/mol. The molecule has 1 heterocycles. The fourth-order valence-corrected chi connectivity index (χ4v) is 1.73. The van der Waals surface area contributed by atoms with E-state index in [1.54, 1.807) is 18.3 Å². The Morgan fingerprint density at radius 2 is 2.12 bits per heavy atom. The first-order valence-corrected chi connectivity index (χ1v) is 5.39. The van der Waals surface area contributed by atoms with Crippen LogP contribution >= 0.6 is 0 Å². The molecule has 0 saturated heterocycles. The summed E-state index contributed by atoms with van der Waals surface area (Å²) in [6.07, 6.45) is 1.76. The zero-order valence-electron chi connectivity index (χ0n) is 9.84. The van der Waals surface area contributed by atoms with E-state index < -0.39 is 5.97 Å². The minimum atomic E-state index is -0.894. The second-order valence-corrected chi connectivity index (χ2v) is 4.08. The number of aromatic nitrogens is 2. The van der Waals surface area contributed by atoms with E-state index in [1.807, 2.05) is 30.7 Å². The van der Waals surface area contributed by atoms with E-state index in [-0.39, 0.29) is 0 Å². The highest BCUT2D eigenvalue weighted by molar-refractivity contribution is 5.87. The van der Waals surface area contributed by atoms with E-state index in [4.69, 9.17) is 5.11 Å². The van der Waals surface area contributed by atoms with Crippen LogP contribution < -0.4 is 0 Å². The normalized spacial score (nSPS) is 10.5. The highest BCUT2D eigenvalue weighted by Gasteiger charge is 2.07. The van der Waals surface area contributed by atoms with Crippen LogP contribution in [0.3, 0.4) is 0 Å². The molecule has 0 fully saturated rings. The van der Waals surface area contributed by atoms with Gasteiger partial charge in [0.15, 0.2) is 0 Å². The molecule has 0 amide bonds. The molecule has 0 bridgehead atoms. The molecule has 4 nitrogen and oxygen atoms in total. The van der Waals surface area contributed by atoms with Crippen LogP contribution in [0.4, 0.5) is 0 Å². The summed E-state index contributed by atoms with van der Waals surface area (Å²) in [6, 6.07) is 7.11. The zero-order chi connectivity index (χ0) is 12.4. The van der Waals surface area contributed by atoms with Crippen molar-refractivity contribution in [1.82, 2.24) is 9.78 Å². The molecule has 88 valence electrons. The van der Waals surface area contributed by atoms with E-state index in [9.17, 15) is 4.79 Å². The summed E-state index contributed by atoms with van der Waals surface area (Å²) in [4.78, 5) is 10.8. The number of nitrogens with zero attached hydrogens (tertiary/aromatic N) is 2. The van der Waals surface area contributed by atoms with Gasteiger partial charge in [-0.2, -0.15) is 5.10 Å². The smallest absolute Gasteiger partial charge is 0.335 e. The summed E-state index contributed by atoms with van der Waals surface area (Å²) in [7, 11) is 0. The molecule has 17 heavy (non-hydrogen) atoms. The lowest BCUT2D eigenvalue weighted by Crippen LogP contribution is -2.06. The van der Waals surface area contributed by atoms with Crippen molar-refractivity contribution in [3.8, 4) is 0 Å². The summed E-state index contributed by atoms with van der Waals surface area (Å²) in [5, 5.41) is 13.1. The number of aryl methyl sites for hydroxylation is 2. The second-order valence-electron chi connectivity index (χ2n) is 4.08. The number of hydrogen-bond acceptors (Lipinski definition) is 2. The number of carboxylic acids is 1. The maximum absolute atomic E-state index is 10.8. The molecule has 2 aromatic rings. The number of benzene rings is 1. The predicted molar refractivity (Wildman–Crippen MR) is 64.2 cm³/mol. The van der Waals surface area contributed by atoms with Crippen LogP contribution in [0.25, 0.3) is 0 Å². The van der Waals surface area contributed by atoms with E-state index in [0.717, 1.165) is 16.8 Å². The average Bonchev–Trinajstić information content (AvgIpc) is 2.67. The number of aromatic carboxylic acids is 1. The first-order valence-electron chi connectivity index (χ1n) is 5.39. The topological polar surface area (TPSA) is 55.1 Å².